The molecule has 0 bridgehead atoms. The Hall–Kier alpha value is -2.04. The Bertz CT molecular complexity index is 451. The highest BCUT2D eigenvalue weighted by Crippen LogP contribution is 2.18. The number of H-pyrrole nitrogens is 1. The first kappa shape index (κ1) is 13.0. The molecule has 0 saturated carbocycles. The van der Waals surface area contributed by atoms with Crippen LogP contribution in [0.3, 0.4) is 0 Å². The van der Waals surface area contributed by atoms with Crippen molar-refractivity contribution in [1.29, 1.82) is 0 Å². The van der Waals surface area contributed by atoms with Crippen LogP contribution in [0.25, 0.3) is 5.57 Å². The second-order valence-electron chi connectivity index (χ2n) is 3.56. The Balaban J connectivity index is 3.19. The minimum atomic E-state index is -0.602. The standard InChI is InChI=1S/C12H15NO4/c1-7-5-10(13-8(7)2)9(12(15)17-4)6-11(14)16-3/h5-6,13H,1-4H3/b9-6-. The number of aryl methyl sites for hydroxylation is 2. The summed E-state index contributed by atoms with van der Waals surface area (Å²) in [4.78, 5) is 25.8. The molecule has 92 valence electrons. The zero-order chi connectivity index (χ0) is 13.0. The summed E-state index contributed by atoms with van der Waals surface area (Å²) in [5.74, 6) is -1.19. The lowest BCUT2D eigenvalue weighted by molar-refractivity contribution is -0.136. The number of carbonyl (C=O) groups is 2. The lowest BCUT2D eigenvalue weighted by Gasteiger charge is -2.02. The number of ether oxygens (including phenoxy) is 2. The largest absolute Gasteiger partial charge is 0.466 e. The zero-order valence-electron chi connectivity index (χ0n) is 10.3. The second-order valence-corrected chi connectivity index (χ2v) is 3.56. The summed E-state index contributed by atoms with van der Waals surface area (Å²) in [6, 6.07) is 1.78. The van der Waals surface area contributed by atoms with Crippen LogP contribution >= 0.6 is 0 Å². The predicted octanol–water partition coefficient (Wildman–Crippen LogP) is 1.36. The van der Waals surface area contributed by atoms with Crippen molar-refractivity contribution in [2.45, 2.75) is 13.8 Å². The van der Waals surface area contributed by atoms with Gasteiger partial charge in [-0.05, 0) is 25.5 Å². The fourth-order valence-electron chi connectivity index (χ4n) is 1.34. The number of aromatic amines is 1. The fraction of sp³-hybridized carbons (Fsp3) is 0.333. The van der Waals surface area contributed by atoms with Gasteiger partial charge in [0.1, 0.15) is 0 Å². The van der Waals surface area contributed by atoms with Crippen LogP contribution in [0.2, 0.25) is 0 Å². The van der Waals surface area contributed by atoms with E-state index in [0.717, 1.165) is 17.3 Å². The van der Waals surface area contributed by atoms with Gasteiger partial charge >= 0.3 is 11.9 Å². The molecule has 17 heavy (non-hydrogen) atoms. The highest BCUT2D eigenvalue weighted by atomic mass is 16.5. The molecule has 0 aliphatic rings. The molecule has 5 heteroatoms. The van der Waals surface area contributed by atoms with Gasteiger partial charge < -0.3 is 14.5 Å². The average molecular weight is 237 g/mol. The molecule has 0 amide bonds. The Morgan fingerprint density at radius 3 is 2.29 bits per heavy atom. The number of carbonyl (C=O) groups excluding carboxylic acids is 2. The molecule has 0 aliphatic carbocycles. The van der Waals surface area contributed by atoms with E-state index in [1.54, 1.807) is 6.07 Å². The highest BCUT2D eigenvalue weighted by molar-refractivity contribution is 6.20. The summed E-state index contributed by atoms with van der Waals surface area (Å²) in [5.41, 5.74) is 2.62. The van der Waals surface area contributed by atoms with Crippen molar-refractivity contribution < 1.29 is 19.1 Å². The van der Waals surface area contributed by atoms with Gasteiger partial charge in [-0.15, -0.1) is 0 Å². The van der Waals surface area contributed by atoms with Gasteiger partial charge in [0.25, 0.3) is 0 Å². The van der Waals surface area contributed by atoms with Crippen LogP contribution in [-0.4, -0.2) is 31.1 Å². The van der Waals surface area contributed by atoms with Gasteiger partial charge in [0.15, 0.2) is 0 Å². The molecule has 1 rings (SSSR count). The van der Waals surface area contributed by atoms with Crippen LogP contribution in [0.5, 0.6) is 0 Å². The van der Waals surface area contributed by atoms with E-state index in [9.17, 15) is 9.59 Å². The minimum absolute atomic E-state index is 0.149. The summed E-state index contributed by atoms with van der Waals surface area (Å²) in [5, 5.41) is 0. The van der Waals surface area contributed by atoms with Crippen LogP contribution in [-0.2, 0) is 19.1 Å². The quantitative estimate of drug-likeness (QED) is 0.636. The maximum atomic E-state index is 11.6. The Morgan fingerprint density at radius 1 is 1.24 bits per heavy atom. The minimum Gasteiger partial charge on any atom is -0.466 e. The van der Waals surface area contributed by atoms with E-state index in [0.29, 0.717) is 5.69 Å². The van der Waals surface area contributed by atoms with Gasteiger partial charge in [-0.25, -0.2) is 9.59 Å². The van der Waals surface area contributed by atoms with Crippen LogP contribution in [0, 0.1) is 13.8 Å². The van der Waals surface area contributed by atoms with E-state index >= 15 is 0 Å². The Labute approximate surface area is 99.4 Å². The van der Waals surface area contributed by atoms with Crippen molar-refractivity contribution in [2.24, 2.45) is 0 Å². The molecule has 5 nitrogen and oxygen atoms in total. The van der Waals surface area contributed by atoms with E-state index in [4.69, 9.17) is 0 Å². The summed E-state index contributed by atoms with van der Waals surface area (Å²) in [6.07, 6.45) is 1.11. The third-order valence-electron chi connectivity index (χ3n) is 2.43. The Kier molecular flexibility index (Phi) is 4.09. The summed E-state index contributed by atoms with van der Waals surface area (Å²) in [6.45, 7) is 3.79. The van der Waals surface area contributed by atoms with Crippen molar-refractivity contribution in [3.8, 4) is 0 Å². The van der Waals surface area contributed by atoms with Crippen LogP contribution in [0.15, 0.2) is 12.1 Å². The predicted molar refractivity (Wildman–Crippen MR) is 62.3 cm³/mol. The lowest BCUT2D eigenvalue weighted by atomic mass is 10.1. The summed E-state index contributed by atoms with van der Waals surface area (Å²) in [7, 11) is 2.51. The molecule has 0 aromatic carbocycles. The smallest absolute Gasteiger partial charge is 0.340 e. The average Bonchev–Trinajstić information content (AvgIpc) is 2.65. The van der Waals surface area contributed by atoms with Crippen molar-refractivity contribution >= 4 is 17.5 Å². The molecule has 0 atom stereocenters. The van der Waals surface area contributed by atoms with E-state index in [1.807, 2.05) is 13.8 Å². The topological polar surface area (TPSA) is 68.4 Å². The third-order valence-corrected chi connectivity index (χ3v) is 2.43. The van der Waals surface area contributed by atoms with Gasteiger partial charge in [-0.2, -0.15) is 0 Å². The number of methoxy groups -OCH3 is 2. The van der Waals surface area contributed by atoms with Gasteiger partial charge in [0, 0.05) is 11.8 Å². The first-order valence-electron chi connectivity index (χ1n) is 5.04. The summed E-state index contributed by atoms with van der Waals surface area (Å²) >= 11 is 0. The molecular formula is C12H15NO4. The van der Waals surface area contributed by atoms with E-state index in [-0.39, 0.29) is 5.57 Å². The molecule has 0 radical (unpaired) electrons. The van der Waals surface area contributed by atoms with Crippen LogP contribution in [0.4, 0.5) is 0 Å². The SMILES string of the molecule is COC(=O)/C=C(\C(=O)OC)c1cc(C)c(C)[nH]1. The van der Waals surface area contributed by atoms with Crippen molar-refractivity contribution in [1.82, 2.24) is 4.98 Å². The third kappa shape index (κ3) is 2.96. The molecule has 0 aliphatic heterocycles. The number of rotatable bonds is 3. The summed E-state index contributed by atoms with van der Waals surface area (Å²) < 4.78 is 9.12. The van der Waals surface area contributed by atoms with Crippen LogP contribution < -0.4 is 0 Å². The number of hydrogen-bond acceptors (Lipinski definition) is 4. The van der Waals surface area contributed by atoms with Gasteiger partial charge in [0.2, 0.25) is 0 Å². The fourth-order valence-corrected chi connectivity index (χ4v) is 1.34. The number of aromatic nitrogens is 1. The molecule has 1 aromatic heterocycles. The monoisotopic (exact) mass is 237 g/mol. The lowest BCUT2D eigenvalue weighted by Crippen LogP contribution is -2.07. The van der Waals surface area contributed by atoms with E-state index < -0.39 is 11.9 Å². The molecule has 0 unspecified atom stereocenters. The zero-order valence-corrected chi connectivity index (χ0v) is 10.3. The molecule has 1 heterocycles. The second kappa shape index (κ2) is 5.34. The first-order chi connectivity index (χ1) is 7.99. The van der Waals surface area contributed by atoms with Crippen molar-refractivity contribution in [3.63, 3.8) is 0 Å². The molecule has 0 spiro atoms. The highest BCUT2D eigenvalue weighted by Gasteiger charge is 2.17. The number of nitrogens with one attached hydrogen (secondary N) is 1. The maximum absolute atomic E-state index is 11.6. The maximum Gasteiger partial charge on any atom is 0.340 e. The number of esters is 2. The van der Waals surface area contributed by atoms with Crippen LogP contribution in [0.1, 0.15) is 17.0 Å². The normalized spacial score (nSPS) is 11.2. The van der Waals surface area contributed by atoms with Crippen molar-refractivity contribution in [2.75, 3.05) is 14.2 Å². The molecule has 0 fully saturated rings. The molecule has 0 saturated heterocycles. The van der Waals surface area contributed by atoms with Gasteiger partial charge in [-0.3, -0.25) is 0 Å². The molecular weight excluding hydrogens is 222 g/mol. The first-order valence-corrected chi connectivity index (χ1v) is 5.04. The molecule has 1 N–H and O–H groups in total. The number of hydrogen-bond donors (Lipinski definition) is 1. The Morgan fingerprint density at radius 2 is 1.88 bits per heavy atom. The van der Waals surface area contributed by atoms with E-state index in [2.05, 4.69) is 14.5 Å². The van der Waals surface area contributed by atoms with E-state index in [1.165, 1.54) is 14.2 Å². The van der Waals surface area contributed by atoms with Crippen molar-refractivity contribution in [3.05, 3.63) is 29.1 Å². The molecule has 1 aromatic rings. The van der Waals surface area contributed by atoms with Gasteiger partial charge in [0.05, 0.1) is 25.5 Å². The van der Waals surface area contributed by atoms with Gasteiger partial charge in [-0.1, -0.05) is 0 Å².